The summed E-state index contributed by atoms with van der Waals surface area (Å²) < 4.78 is 0. The van der Waals surface area contributed by atoms with Crippen LogP contribution in [0.5, 0.6) is 0 Å². The van der Waals surface area contributed by atoms with Crippen molar-refractivity contribution in [2.75, 3.05) is 29.0 Å². The third kappa shape index (κ3) is 5.89. The summed E-state index contributed by atoms with van der Waals surface area (Å²) in [6.45, 7) is 7.92. The van der Waals surface area contributed by atoms with Crippen molar-refractivity contribution in [2.45, 2.75) is 58.4 Å². The predicted octanol–water partition coefficient (Wildman–Crippen LogP) is 6.20. The molecular weight excluding hydrogens is 514 g/mol. The van der Waals surface area contributed by atoms with Gasteiger partial charge in [-0.3, -0.25) is 14.7 Å². The van der Waals surface area contributed by atoms with E-state index in [1.807, 2.05) is 41.3 Å². The first-order valence-corrected chi connectivity index (χ1v) is 14.5. The van der Waals surface area contributed by atoms with Crippen LogP contribution >= 0.6 is 0 Å². The molecule has 0 radical (unpaired) electrons. The molecule has 3 heterocycles. The quantitative estimate of drug-likeness (QED) is 0.207. The Morgan fingerprint density at radius 3 is 2.68 bits per heavy atom. The molecule has 2 aromatic carbocycles. The number of carbonyl (C=O) groups excluding carboxylic acids is 2. The molecule has 2 amide bonds. The highest BCUT2D eigenvalue weighted by molar-refractivity contribution is 6.05. The Morgan fingerprint density at radius 1 is 1.05 bits per heavy atom. The number of aromatic nitrogens is 3. The number of amides is 2. The molecule has 4 N–H and O–H groups in total. The first kappa shape index (κ1) is 26.8. The van der Waals surface area contributed by atoms with Gasteiger partial charge >= 0.3 is 0 Å². The Bertz CT molecular complexity index is 1590. The Labute approximate surface area is 240 Å². The van der Waals surface area contributed by atoms with Crippen LogP contribution in [0.3, 0.4) is 0 Å². The number of rotatable bonds is 8. The molecule has 9 heteroatoms. The molecular formula is C32H37N7O2. The first-order valence-electron chi connectivity index (χ1n) is 14.5. The van der Waals surface area contributed by atoms with E-state index in [0.29, 0.717) is 35.4 Å². The van der Waals surface area contributed by atoms with E-state index in [-0.39, 0.29) is 17.9 Å². The van der Waals surface area contributed by atoms with Crippen LogP contribution in [0.4, 0.5) is 22.9 Å². The van der Waals surface area contributed by atoms with Crippen LogP contribution in [0.2, 0.25) is 0 Å². The van der Waals surface area contributed by atoms with Gasteiger partial charge in [0.1, 0.15) is 0 Å². The number of piperidine rings is 1. The van der Waals surface area contributed by atoms with E-state index in [1.165, 1.54) is 5.56 Å². The summed E-state index contributed by atoms with van der Waals surface area (Å²) in [6, 6.07) is 15.5. The van der Waals surface area contributed by atoms with Crippen LogP contribution in [0.25, 0.3) is 11.0 Å². The molecule has 41 heavy (non-hydrogen) atoms. The summed E-state index contributed by atoms with van der Waals surface area (Å²) in [6.07, 6.45) is 5.71. The highest BCUT2D eigenvalue weighted by atomic mass is 16.2. The number of carbonyl (C=O) groups is 2. The number of anilines is 4. The molecule has 1 atom stereocenters. The summed E-state index contributed by atoms with van der Waals surface area (Å²) in [5.74, 6) is 1.49. The summed E-state index contributed by atoms with van der Waals surface area (Å²) in [5.41, 5.74) is 6.04. The number of benzene rings is 2. The van der Waals surface area contributed by atoms with Gasteiger partial charge in [-0.25, -0.2) is 4.98 Å². The molecule has 0 bridgehead atoms. The summed E-state index contributed by atoms with van der Waals surface area (Å²) in [5, 5.41) is 18.5. The molecule has 1 saturated carbocycles. The van der Waals surface area contributed by atoms with Crippen molar-refractivity contribution in [3.63, 3.8) is 0 Å². The second-order valence-electron chi connectivity index (χ2n) is 11.6. The van der Waals surface area contributed by atoms with Crippen molar-refractivity contribution in [3.05, 3.63) is 71.4 Å². The maximum absolute atomic E-state index is 13.1. The number of aryl methyl sites for hydroxylation is 1. The maximum atomic E-state index is 13.1. The number of aromatic amines is 1. The van der Waals surface area contributed by atoms with Gasteiger partial charge in [0.2, 0.25) is 5.91 Å². The third-order valence-corrected chi connectivity index (χ3v) is 8.02. The van der Waals surface area contributed by atoms with Gasteiger partial charge in [-0.2, -0.15) is 5.10 Å². The third-order valence-electron chi connectivity index (χ3n) is 8.02. The molecule has 2 aliphatic rings. The molecule has 1 aliphatic heterocycles. The summed E-state index contributed by atoms with van der Waals surface area (Å²) in [7, 11) is 0. The second-order valence-corrected chi connectivity index (χ2v) is 11.6. The van der Waals surface area contributed by atoms with Gasteiger partial charge in [0, 0.05) is 48.2 Å². The minimum atomic E-state index is -0.168. The smallest absolute Gasteiger partial charge is 0.255 e. The lowest BCUT2D eigenvalue weighted by Gasteiger charge is -2.33. The average Bonchev–Trinajstić information content (AvgIpc) is 3.74. The highest BCUT2D eigenvalue weighted by Gasteiger charge is 2.35. The minimum Gasteiger partial charge on any atom is -0.363 e. The van der Waals surface area contributed by atoms with E-state index in [1.54, 1.807) is 12.3 Å². The number of pyridine rings is 1. The number of hydrogen-bond acceptors (Lipinski definition) is 6. The number of likely N-dealkylation sites (tertiary alicyclic amines) is 1. The van der Waals surface area contributed by atoms with Crippen molar-refractivity contribution in [1.82, 2.24) is 20.1 Å². The van der Waals surface area contributed by atoms with Gasteiger partial charge < -0.3 is 20.9 Å². The van der Waals surface area contributed by atoms with Gasteiger partial charge in [-0.15, -0.1) is 0 Å². The van der Waals surface area contributed by atoms with E-state index in [9.17, 15) is 9.59 Å². The van der Waals surface area contributed by atoms with Crippen LogP contribution in [0.15, 0.2) is 54.7 Å². The van der Waals surface area contributed by atoms with E-state index >= 15 is 0 Å². The SMILES string of the molecule is Cc1cc(NC(=O)c2cccc(Nc3ccnc4[nH]nc(NC5CCCN(C(=O)C6CC6)C5)c34)c2)ccc1C(C)C. The van der Waals surface area contributed by atoms with Gasteiger partial charge in [0.05, 0.1) is 11.1 Å². The van der Waals surface area contributed by atoms with Gasteiger partial charge in [-0.05, 0) is 86.1 Å². The average molecular weight is 552 g/mol. The molecule has 6 rings (SSSR count). The fraction of sp³-hybridized carbons (Fsp3) is 0.375. The topological polar surface area (TPSA) is 115 Å². The zero-order valence-electron chi connectivity index (χ0n) is 23.8. The number of nitrogens with zero attached hydrogens (tertiary/aromatic N) is 3. The monoisotopic (exact) mass is 551 g/mol. The van der Waals surface area contributed by atoms with Crippen molar-refractivity contribution in [1.29, 1.82) is 0 Å². The van der Waals surface area contributed by atoms with Crippen molar-refractivity contribution in [2.24, 2.45) is 5.92 Å². The van der Waals surface area contributed by atoms with E-state index in [2.05, 4.69) is 58.0 Å². The Morgan fingerprint density at radius 2 is 1.90 bits per heavy atom. The van der Waals surface area contributed by atoms with Crippen LogP contribution < -0.4 is 16.0 Å². The Balaban J connectivity index is 1.18. The van der Waals surface area contributed by atoms with Crippen LogP contribution in [-0.2, 0) is 4.79 Å². The number of hydrogen-bond donors (Lipinski definition) is 4. The predicted molar refractivity (Wildman–Crippen MR) is 163 cm³/mol. The lowest BCUT2D eigenvalue weighted by molar-refractivity contribution is -0.133. The van der Waals surface area contributed by atoms with Gasteiger partial charge in [0.15, 0.2) is 11.5 Å². The zero-order valence-corrected chi connectivity index (χ0v) is 23.8. The fourth-order valence-corrected chi connectivity index (χ4v) is 5.73. The number of nitrogens with one attached hydrogen (secondary N) is 4. The van der Waals surface area contributed by atoms with Crippen molar-refractivity contribution >= 4 is 45.7 Å². The number of fused-ring (bicyclic) bond motifs is 1. The molecule has 212 valence electrons. The van der Waals surface area contributed by atoms with E-state index < -0.39 is 0 Å². The summed E-state index contributed by atoms with van der Waals surface area (Å²) in [4.78, 5) is 32.2. The van der Waals surface area contributed by atoms with Crippen LogP contribution in [-0.4, -0.2) is 51.0 Å². The lowest BCUT2D eigenvalue weighted by Crippen LogP contribution is -2.45. The molecule has 1 aliphatic carbocycles. The normalized spacial score (nSPS) is 17.1. The van der Waals surface area contributed by atoms with E-state index in [4.69, 9.17) is 0 Å². The standard InChI is InChI=1S/C32H37N7O2/c1-19(2)26-12-11-24(16-20(26)3)36-31(40)22-6-4-7-23(17-22)34-27-13-14-33-29-28(27)30(38-37-29)35-25-8-5-15-39(18-25)32(41)21-9-10-21/h4,6-7,11-14,16-17,19,21,25H,5,8-10,15,18H2,1-3H3,(H,36,40)(H3,33,34,35,37,38). The minimum absolute atomic E-state index is 0.122. The Hall–Kier alpha value is -4.40. The Kier molecular flexibility index (Phi) is 7.34. The van der Waals surface area contributed by atoms with Crippen LogP contribution in [0, 0.1) is 12.8 Å². The molecule has 9 nitrogen and oxygen atoms in total. The highest BCUT2D eigenvalue weighted by Crippen LogP contribution is 2.34. The molecule has 4 aromatic rings. The second kappa shape index (κ2) is 11.2. The molecule has 2 fully saturated rings. The van der Waals surface area contributed by atoms with Crippen LogP contribution in [0.1, 0.15) is 66.9 Å². The molecule has 1 saturated heterocycles. The molecule has 2 aromatic heterocycles. The van der Waals surface area contributed by atoms with Gasteiger partial charge in [0.25, 0.3) is 5.91 Å². The first-order chi connectivity index (χ1) is 19.9. The fourth-order valence-electron chi connectivity index (χ4n) is 5.73. The zero-order chi connectivity index (χ0) is 28.5. The van der Waals surface area contributed by atoms with Gasteiger partial charge in [-0.1, -0.05) is 26.0 Å². The van der Waals surface area contributed by atoms with Crippen molar-refractivity contribution < 1.29 is 9.59 Å². The lowest BCUT2D eigenvalue weighted by atomic mass is 9.97. The number of H-pyrrole nitrogens is 1. The molecule has 1 unspecified atom stereocenters. The van der Waals surface area contributed by atoms with E-state index in [0.717, 1.165) is 60.2 Å². The maximum Gasteiger partial charge on any atom is 0.255 e. The molecule has 0 spiro atoms. The largest absolute Gasteiger partial charge is 0.363 e. The summed E-state index contributed by atoms with van der Waals surface area (Å²) >= 11 is 0. The van der Waals surface area contributed by atoms with Crippen molar-refractivity contribution in [3.8, 4) is 0 Å².